The summed E-state index contributed by atoms with van der Waals surface area (Å²) in [6.07, 6.45) is 6.25. The molecule has 16 heavy (non-hydrogen) atoms. The highest BCUT2D eigenvalue weighted by Gasteiger charge is 2.33. The predicted octanol–water partition coefficient (Wildman–Crippen LogP) is 3.86. The van der Waals surface area contributed by atoms with Gasteiger partial charge in [0.1, 0.15) is 0 Å². The molecule has 1 nitrogen and oxygen atoms in total. The fraction of sp³-hybridized carbons (Fsp3) is 0.400. The Labute approximate surface area is 97.2 Å². The Morgan fingerprint density at radius 2 is 2.06 bits per heavy atom. The summed E-state index contributed by atoms with van der Waals surface area (Å²) in [4.78, 5) is 11.5. The first-order chi connectivity index (χ1) is 7.83. The number of carbonyl (C=O) groups is 1. The van der Waals surface area contributed by atoms with Crippen LogP contribution in [0.2, 0.25) is 0 Å². The monoisotopic (exact) mass is 214 g/mol. The lowest BCUT2D eigenvalue weighted by Crippen LogP contribution is -2.25. The molecule has 1 aromatic rings. The smallest absolute Gasteiger partial charge is 0.160 e. The molecule has 0 saturated heterocycles. The SMILES string of the molecule is CCCC/C=C1/C(=O)C[C@H]1c1ccccc1. The largest absolute Gasteiger partial charge is 0.295 e. The molecule has 0 heterocycles. The molecule has 2 rings (SSSR count). The highest BCUT2D eigenvalue weighted by molar-refractivity contribution is 6.04. The van der Waals surface area contributed by atoms with Crippen LogP contribution in [-0.2, 0) is 4.79 Å². The maximum Gasteiger partial charge on any atom is 0.160 e. The van der Waals surface area contributed by atoms with E-state index in [9.17, 15) is 4.79 Å². The first-order valence-corrected chi connectivity index (χ1v) is 6.11. The molecule has 0 bridgehead atoms. The highest BCUT2D eigenvalue weighted by Crippen LogP contribution is 2.39. The van der Waals surface area contributed by atoms with Crippen LogP contribution in [0.1, 0.15) is 44.1 Å². The van der Waals surface area contributed by atoms with E-state index in [1.165, 1.54) is 18.4 Å². The standard InChI is InChI=1S/C15H18O/c1-2-3-5-10-13-14(11-15(13)16)12-8-6-4-7-9-12/h4,6-10,14H,2-3,5,11H2,1H3/b13-10+/t14-/m0/s1. The number of hydrogen-bond donors (Lipinski definition) is 0. The van der Waals surface area contributed by atoms with E-state index in [0.29, 0.717) is 18.1 Å². The first kappa shape index (κ1) is 11.1. The topological polar surface area (TPSA) is 17.1 Å². The third-order valence-corrected chi connectivity index (χ3v) is 3.21. The second-order valence-corrected chi connectivity index (χ2v) is 4.39. The molecule has 0 aliphatic heterocycles. The lowest BCUT2D eigenvalue weighted by Gasteiger charge is -2.28. The third kappa shape index (κ3) is 2.24. The van der Waals surface area contributed by atoms with Crippen LogP contribution < -0.4 is 0 Å². The van der Waals surface area contributed by atoms with Gasteiger partial charge in [-0.15, -0.1) is 0 Å². The Morgan fingerprint density at radius 1 is 1.31 bits per heavy atom. The minimum Gasteiger partial charge on any atom is -0.295 e. The molecule has 1 aromatic carbocycles. The molecule has 0 amide bonds. The van der Waals surface area contributed by atoms with Gasteiger partial charge in [0.2, 0.25) is 0 Å². The van der Waals surface area contributed by atoms with E-state index < -0.39 is 0 Å². The van der Waals surface area contributed by atoms with E-state index in [1.54, 1.807) is 0 Å². The lowest BCUT2D eigenvalue weighted by molar-refractivity contribution is -0.119. The van der Waals surface area contributed by atoms with E-state index >= 15 is 0 Å². The fourth-order valence-electron chi connectivity index (χ4n) is 2.18. The Kier molecular flexibility index (Phi) is 3.55. The summed E-state index contributed by atoms with van der Waals surface area (Å²) < 4.78 is 0. The van der Waals surface area contributed by atoms with Gasteiger partial charge < -0.3 is 0 Å². The van der Waals surface area contributed by atoms with Crippen molar-refractivity contribution in [1.82, 2.24) is 0 Å². The number of unbranched alkanes of at least 4 members (excludes halogenated alkanes) is 2. The van der Waals surface area contributed by atoms with E-state index in [1.807, 2.05) is 18.2 Å². The van der Waals surface area contributed by atoms with Crippen LogP contribution in [0.3, 0.4) is 0 Å². The molecular formula is C15H18O. The van der Waals surface area contributed by atoms with Gasteiger partial charge in [-0.25, -0.2) is 0 Å². The number of ketones is 1. The van der Waals surface area contributed by atoms with Gasteiger partial charge in [0.25, 0.3) is 0 Å². The Hall–Kier alpha value is -1.37. The molecule has 1 fully saturated rings. The minimum atomic E-state index is 0.338. The normalized spacial score (nSPS) is 22.2. The third-order valence-electron chi connectivity index (χ3n) is 3.21. The number of Topliss-reactive ketones (excluding diaryl/α,β-unsaturated/α-hetero) is 1. The quantitative estimate of drug-likeness (QED) is 0.549. The summed E-state index contributed by atoms with van der Waals surface area (Å²) in [6.45, 7) is 2.18. The molecule has 0 unspecified atom stereocenters. The molecule has 1 atom stereocenters. The van der Waals surface area contributed by atoms with Crippen molar-refractivity contribution in [3.63, 3.8) is 0 Å². The van der Waals surface area contributed by atoms with Crippen molar-refractivity contribution < 1.29 is 4.79 Å². The lowest BCUT2D eigenvalue weighted by atomic mass is 9.73. The molecule has 1 aliphatic carbocycles. The van der Waals surface area contributed by atoms with Crippen molar-refractivity contribution in [1.29, 1.82) is 0 Å². The van der Waals surface area contributed by atoms with Crippen LogP contribution in [0, 0.1) is 0 Å². The van der Waals surface area contributed by atoms with Gasteiger partial charge in [-0.05, 0) is 17.6 Å². The number of rotatable bonds is 4. The van der Waals surface area contributed by atoms with Crippen LogP contribution in [-0.4, -0.2) is 5.78 Å². The molecule has 1 aliphatic rings. The fourth-order valence-corrected chi connectivity index (χ4v) is 2.18. The second kappa shape index (κ2) is 5.11. The number of carbonyl (C=O) groups excluding carboxylic acids is 1. The molecule has 0 N–H and O–H groups in total. The van der Waals surface area contributed by atoms with Gasteiger partial charge in [0.05, 0.1) is 0 Å². The van der Waals surface area contributed by atoms with Crippen molar-refractivity contribution in [3.05, 3.63) is 47.5 Å². The maximum atomic E-state index is 11.5. The van der Waals surface area contributed by atoms with Crippen molar-refractivity contribution in [2.75, 3.05) is 0 Å². The number of benzene rings is 1. The summed E-state index contributed by atoms with van der Waals surface area (Å²) in [5.41, 5.74) is 2.32. The van der Waals surface area contributed by atoms with Crippen LogP contribution >= 0.6 is 0 Å². The molecule has 1 heteroatoms. The molecule has 0 radical (unpaired) electrons. The van der Waals surface area contributed by atoms with Gasteiger partial charge in [0, 0.05) is 12.3 Å². The van der Waals surface area contributed by atoms with Crippen LogP contribution in [0.15, 0.2) is 42.0 Å². The summed E-state index contributed by atoms with van der Waals surface area (Å²) in [5.74, 6) is 0.704. The Morgan fingerprint density at radius 3 is 2.69 bits per heavy atom. The van der Waals surface area contributed by atoms with E-state index in [-0.39, 0.29) is 0 Å². The average Bonchev–Trinajstić information content (AvgIpc) is 2.32. The first-order valence-electron chi connectivity index (χ1n) is 6.11. The number of allylic oxidation sites excluding steroid dienone is 2. The summed E-state index contributed by atoms with van der Waals surface area (Å²) in [5, 5.41) is 0. The van der Waals surface area contributed by atoms with Crippen molar-refractivity contribution in [3.8, 4) is 0 Å². The van der Waals surface area contributed by atoms with Gasteiger partial charge in [-0.1, -0.05) is 56.2 Å². The zero-order valence-corrected chi connectivity index (χ0v) is 9.78. The van der Waals surface area contributed by atoms with Crippen molar-refractivity contribution in [2.24, 2.45) is 0 Å². The van der Waals surface area contributed by atoms with Crippen molar-refractivity contribution >= 4 is 5.78 Å². The highest BCUT2D eigenvalue weighted by atomic mass is 16.1. The summed E-state index contributed by atoms with van der Waals surface area (Å²) >= 11 is 0. The van der Waals surface area contributed by atoms with Gasteiger partial charge in [0.15, 0.2) is 5.78 Å². The molecular weight excluding hydrogens is 196 g/mol. The van der Waals surface area contributed by atoms with Gasteiger partial charge in [-0.3, -0.25) is 4.79 Å². The van der Waals surface area contributed by atoms with E-state index in [0.717, 1.165) is 12.0 Å². The van der Waals surface area contributed by atoms with Gasteiger partial charge >= 0.3 is 0 Å². The summed E-state index contributed by atoms with van der Waals surface area (Å²) in [6, 6.07) is 10.3. The molecule has 0 spiro atoms. The predicted molar refractivity (Wildman–Crippen MR) is 66.4 cm³/mol. The Bertz CT molecular complexity index is 389. The van der Waals surface area contributed by atoms with Gasteiger partial charge in [-0.2, -0.15) is 0 Å². The minimum absolute atomic E-state index is 0.338. The molecule has 1 saturated carbocycles. The molecule has 0 aromatic heterocycles. The van der Waals surface area contributed by atoms with Crippen LogP contribution in [0.25, 0.3) is 0 Å². The number of hydrogen-bond acceptors (Lipinski definition) is 1. The molecule has 84 valence electrons. The zero-order chi connectivity index (χ0) is 11.4. The van der Waals surface area contributed by atoms with E-state index in [4.69, 9.17) is 0 Å². The Balaban J connectivity index is 2.07. The average molecular weight is 214 g/mol. The van der Waals surface area contributed by atoms with Crippen molar-refractivity contribution in [2.45, 2.75) is 38.5 Å². The second-order valence-electron chi connectivity index (χ2n) is 4.39. The van der Waals surface area contributed by atoms with Crippen LogP contribution in [0.5, 0.6) is 0 Å². The zero-order valence-electron chi connectivity index (χ0n) is 9.78. The maximum absolute atomic E-state index is 11.5. The van der Waals surface area contributed by atoms with E-state index in [2.05, 4.69) is 25.1 Å². The summed E-state index contributed by atoms with van der Waals surface area (Å²) in [7, 11) is 0. The van der Waals surface area contributed by atoms with Crippen LogP contribution in [0.4, 0.5) is 0 Å².